The quantitative estimate of drug-likeness (QED) is 0.0238. The number of aliphatic carboxylic acids is 1. The number of carboxylic acid groups (broad SMARTS) is 1. The SMILES string of the molecule is CC/C=C\C/C=C\C/C=C\C/C=C\CCCOCC(COP(=O)(O)OCC(N)C(=O)O)OC(=O)CCCCCCCCCCCCCCCCCCC. The minimum absolute atomic E-state index is 0.0202. The number of ether oxygens (including phenoxy) is 2. The van der Waals surface area contributed by atoms with Gasteiger partial charge in [0.15, 0.2) is 0 Å². The maximum absolute atomic E-state index is 12.6. The summed E-state index contributed by atoms with van der Waals surface area (Å²) in [6.07, 6.45) is 43.2. The molecule has 0 aliphatic rings. The summed E-state index contributed by atoms with van der Waals surface area (Å²) in [7, 11) is -4.63. The first-order chi connectivity index (χ1) is 25.7. The van der Waals surface area contributed by atoms with Crippen molar-refractivity contribution in [2.45, 2.75) is 180 Å². The van der Waals surface area contributed by atoms with Crippen molar-refractivity contribution in [2.75, 3.05) is 26.4 Å². The van der Waals surface area contributed by atoms with Gasteiger partial charge in [-0.05, 0) is 44.9 Å². The highest BCUT2D eigenvalue weighted by atomic mass is 31.2. The average molecular weight is 770 g/mol. The van der Waals surface area contributed by atoms with Crippen LogP contribution in [0.4, 0.5) is 0 Å². The van der Waals surface area contributed by atoms with E-state index in [0.717, 1.165) is 57.8 Å². The first kappa shape index (κ1) is 50.9. The predicted octanol–water partition coefficient (Wildman–Crippen LogP) is 11.1. The third-order valence-electron chi connectivity index (χ3n) is 8.62. The van der Waals surface area contributed by atoms with Crippen molar-refractivity contribution >= 4 is 19.8 Å². The fourth-order valence-electron chi connectivity index (χ4n) is 5.43. The van der Waals surface area contributed by atoms with Gasteiger partial charge in [-0.1, -0.05) is 165 Å². The lowest BCUT2D eigenvalue weighted by molar-refractivity contribution is -0.154. The molecular weight excluding hydrogens is 693 g/mol. The molecule has 0 saturated carbocycles. The van der Waals surface area contributed by atoms with Crippen LogP contribution in [0.3, 0.4) is 0 Å². The Morgan fingerprint density at radius 3 is 1.57 bits per heavy atom. The van der Waals surface area contributed by atoms with Crippen molar-refractivity contribution in [1.29, 1.82) is 0 Å². The lowest BCUT2D eigenvalue weighted by atomic mass is 10.0. The highest BCUT2D eigenvalue weighted by molar-refractivity contribution is 7.47. The number of hydrogen-bond acceptors (Lipinski definition) is 8. The van der Waals surface area contributed by atoms with E-state index in [-0.39, 0.29) is 13.0 Å². The molecule has 308 valence electrons. The molecule has 0 amide bonds. The predicted molar refractivity (Wildman–Crippen MR) is 217 cm³/mol. The molecule has 0 aliphatic heterocycles. The largest absolute Gasteiger partial charge is 0.480 e. The van der Waals surface area contributed by atoms with Crippen molar-refractivity contribution in [2.24, 2.45) is 5.73 Å². The third-order valence-corrected chi connectivity index (χ3v) is 9.57. The van der Waals surface area contributed by atoms with Crippen molar-refractivity contribution in [3.63, 3.8) is 0 Å². The van der Waals surface area contributed by atoms with Crippen molar-refractivity contribution in [3.05, 3.63) is 48.6 Å². The highest BCUT2D eigenvalue weighted by Crippen LogP contribution is 2.43. The summed E-state index contributed by atoms with van der Waals surface area (Å²) in [6.45, 7) is 3.62. The number of unbranched alkanes of at least 4 members (excludes halogenated alkanes) is 17. The molecule has 0 saturated heterocycles. The molecule has 0 bridgehead atoms. The monoisotopic (exact) mass is 770 g/mol. The number of esters is 1. The number of rotatable bonds is 39. The van der Waals surface area contributed by atoms with Gasteiger partial charge in [-0.3, -0.25) is 18.6 Å². The minimum atomic E-state index is -4.63. The van der Waals surface area contributed by atoms with Crippen LogP contribution < -0.4 is 5.73 Å². The van der Waals surface area contributed by atoms with Gasteiger partial charge in [0, 0.05) is 13.0 Å². The molecule has 11 heteroatoms. The minimum Gasteiger partial charge on any atom is -0.480 e. The van der Waals surface area contributed by atoms with E-state index in [1.807, 2.05) is 0 Å². The summed E-state index contributed by atoms with van der Waals surface area (Å²) in [6, 6.07) is -1.48. The third kappa shape index (κ3) is 38.0. The standard InChI is InChI=1S/C42H76NO9P/c1-3-5-7-9-11-13-15-17-19-20-21-22-24-26-28-30-32-34-41(44)52-39(37-50-53(47,48)51-38-40(43)42(45)46)36-49-35-33-31-29-27-25-23-18-16-14-12-10-8-6-4-2/h6,8,12,14,18,23,27,29,39-40H,3-5,7,9-11,13,15-17,19-22,24-26,28,30-38,43H2,1-2H3,(H,45,46)(H,47,48)/b8-6-,14-12-,23-18-,29-27-. The molecule has 4 N–H and O–H groups in total. The summed E-state index contributed by atoms with van der Waals surface area (Å²) in [5.74, 6) is -1.80. The van der Waals surface area contributed by atoms with Crippen LogP contribution in [0.5, 0.6) is 0 Å². The van der Waals surface area contributed by atoms with Crippen molar-refractivity contribution in [1.82, 2.24) is 0 Å². The van der Waals surface area contributed by atoms with Crippen molar-refractivity contribution < 1.29 is 42.7 Å². The van der Waals surface area contributed by atoms with Crippen LogP contribution >= 0.6 is 7.82 Å². The molecular formula is C42H76NO9P. The first-order valence-electron chi connectivity index (χ1n) is 20.7. The molecule has 0 rings (SSSR count). The molecule has 0 aromatic carbocycles. The Kier molecular flexibility index (Phi) is 36.7. The van der Waals surface area contributed by atoms with Crippen molar-refractivity contribution in [3.8, 4) is 0 Å². The Labute approximate surface area is 322 Å². The van der Waals surface area contributed by atoms with Gasteiger partial charge in [0.25, 0.3) is 0 Å². The molecule has 0 aliphatic carbocycles. The number of phosphoric acid groups is 1. The molecule has 0 fully saturated rings. The van der Waals surface area contributed by atoms with Crippen LogP contribution in [0.15, 0.2) is 48.6 Å². The lowest BCUT2D eigenvalue weighted by Crippen LogP contribution is -2.34. The maximum Gasteiger partial charge on any atom is 0.472 e. The van der Waals surface area contributed by atoms with Gasteiger partial charge in [-0.25, -0.2) is 4.57 Å². The van der Waals surface area contributed by atoms with Gasteiger partial charge in [0.05, 0.1) is 19.8 Å². The number of carbonyl (C=O) groups is 2. The van der Waals surface area contributed by atoms with Gasteiger partial charge < -0.3 is 25.2 Å². The van der Waals surface area contributed by atoms with Gasteiger partial charge in [0.2, 0.25) is 0 Å². The maximum atomic E-state index is 12.6. The fraction of sp³-hybridized carbons (Fsp3) is 0.762. The summed E-state index contributed by atoms with van der Waals surface area (Å²) in [5, 5.41) is 8.88. The Hall–Kier alpha value is -2.07. The topological polar surface area (TPSA) is 155 Å². The molecule has 10 nitrogen and oxygen atoms in total. The van der Waals surface area contributed by atoms with E-state index >= 15 is 0 Å². The Morgan fingerprint density at radius 1 is 0.623 bits per heavy atom. The van der Waals surface area contributed by atoms with Crippen LogP contribution in [-0.2, 0) is 32.7 Å². The fourth-order valence-corrected chi connectivity index (χ4v) is 6.21. The summed E-state index contributed by atoms with van der Waals surface area (Å²) < 4.78 is 33.2. The zero-order valence-electron chi connectivity index (χ0n) is 33.3. The summed E-state index contributed by atoms with van der Waals surface area (Å²) in [5.41, 5.74) is 5.34. The van der Waals surface area contributed by atoms with Crippen LogP contribution in [-0.4, -0.2) is 60.5 Å². The van der Waals surface area contributed by atoms with E-state index in [2.05, 4.69) is 62.5 Å². The lowest BCUT2D eigenvalue weighted by Gasteiger charge is -2.20. The van der Waals surface area contributed by atoms with Gasteiger partial charge in [-0.15, -0.1) is 0 Å². The summed E-state index contributed by atoms with van der Waals surface area (Å²) >= 11 is 0. The highest BCUT2D eigenvalue weighted by Gasteiger charge is 2.27. The molecule has 0 spiro atoms. The normalized spacial score (nSPS) is 14.5. The molecule has 0 aromatic rings. The second-order valence-corrected chi connectivity index (χ2v) is 15.2. The number of carboxylic acids is 1. The zero-order valence-corrected chi connectivity index (χ0v) is 34.2. The number of phosphoric ester groups is 1. The first-order valence-corrected chi connectivity index (χ1v) is 22.2. The van der Waals surface area contributed by atoms with E-state index in [9.17, 15) is 19.0 Å². The number of allylic oxidation sites excluding steroid dienone is 8. The van der Waals surface area contributed by atoms with Crippen LogP contribution in [0.2, 0.25) is 0 Å². The Balaban J connectivity index is 4.32. The summed E-state index contributed by atoms with van der Waals surface area (Å²) in [4.78, 5) is 33.5. The molecule has 3 unspecified atom stereocenters. The number of nitrogens with two attached hydrogens (primary N) is 1. The van der Waals surface area contributed by atoms with E-state index in [1.165, 1.54) is 83.5 Å². The van der Waals surface area contributed by atoms with E-state index in [0.29, 0.717) is 13.0 Å². The van der Waals surface area contributed by atoms with Gasteiger partial charge in [0.1, 0.15) is 12.1 Å². The van der Waals surface area contributed by atoms with Crippen LogP contribution in [0.25, 0.3) is 0 Å². The van der Waals surface area contributed by atoms with Crippen LogP contribution in [0, 0.1) is 0 Å². The van der Waals surface area contributed by atoms with E-state index in [1.54, 1.807) is 0 Å². The Morgan fingerprint density at radius 2 is 1.08 bits per heavy atom. The smallest absolute Gasteiger partial charge is 0.472 e. The molecule has 0 radical (unpaired) electrons. The zero-order chi connectivity index (χ0) is 39.1. The van der Waals surface area contributed by atoms with Crippen LogP contribution in [0.1, 0.15) is 168 Å². The molecule has 0 aromatic heterocycles. The van der Waals surface area contributed by atoms with Gasteiger partial charge >= 0.3 is 19.8 Å². The van der Waals surface area contributed by atoms with E-state index in [4.69, 9.17) is 29.4 Å². The molecule has 3 atom stereocenters. The average Bonchev–Trinajstić information content (AvgIpc) is 3.13. The second-order valence-electron chi connectivity index (χ2n) is 13.7. The second kappa shape index (κ2) is 38.2. The van der Waals surface area contributed by atoms with E-state index < -0.39 is 45.1 Å². The van der Waals surface area contributed by atoms with Gasteiger partial charge in [-0.2, -0.15) is 0 Å². The molecule has 0 heterocycles. The Bertz CT molecular complexity index is 1030. The molecule has 53 heavy (non-hydrogen) atoms. The number of hydrogen-bond donors (Lipinski definition) is 3. The number of carbonyl (C=O) groups excluding carboxylic acids is 1.